The largest absolute Gasteiger partial charge is 0.360 e. The van der Waals surface area contributed by atoms with Crippen molar-refractivity contribution < 1.29 is 4.79 Å². The summed E-state index contributed by atoms with van der Waals surface area (Å²) < 4.78 is 0. The molecule has 0 unspecified atom stereocenters. The second kappa shape index (κ2) is 4.18. The first-order valence-electron chi connectivity index (χ1n) is 4.33. The predicted molar refractivity (Wildman–Crippen MR) is 59.5 cm³/mol. The molecule has 1 amide bonds. The highest BCUT2D eigenvalue weighted by molar-refractivity contribution is 8.13. The average Bonchev–Trinajstić information content (AvgIpc) is 2.67. The van der Waals surface area contributed by atoms with Crippen LogP contribution in [0.15, 0.2) is 41.7 Å². The maximum atomic E-state index is 10.6. The van der Waals surface area contributed by atoms with Crippen molar-refractivity contribution in [2.45, 2.75) is 5.16 Å². The molecule has 2 aromatic rings. The lowest BCUT2D eigenvalue weighted by Gasteiger charge is -1.94. The monoisotopic (exact) mass is 219 g/mol. The molecule has 0 atom stereocenters. The fourth-order valence-electron chi connectivity index (χ4n) is 1.21. The molecule has 1 aromatic carbocycles. The fraction of sp³-hybridized carbons (Fsp3) is 0. The van der Waals surface area contributed by atoms with Gasteiger partial charge in [-0.3, -0.25) is 4.79 Å². The molecule has 5 heteroatoms. The molecular weight excluding hydrogens is 210 g/mol. The van der Waals surface area contributed by atoms with Crippen LogP contribution in [0.3, 0.4) is 0 Å². The van der Waals surface area contributed by atoms with E-state index < -0.39 is 5.24 Å². The minimum atomic E-state index is -0.469. The SMILES string of the molecule is NC(=O)Sc1ncc(-c2ccccc2)[nH]1. The predicted octanol–water partition coefficient (Wildman–Crippen LogP) is 2.25. The number of aromatic nitrogens is 2. The lowest BCUT2D eigenvalue weighted by atomic mass is 10.2. The number of nitrogens with one attached hydrogen (secondary N) is 1. The normalized spacial score (nSPS) is 10.1. The van der Waals surface area contributed by atoms with Crippen LogP contribution >= 0.6 is 11.8 Å². The van der Waals surface area contributed by atoms with Gasteiger partial charge in [0.1, 0.15) is 0 Å². The second-order valence-electron chi connectivity index (χ2n) is 2.89. The number of imidazole rings is 1. The van der Waals surface area contributed by atoms with Gasteiger partial charge in [0, 0.05) is 11.8 Å². The van der Waals surface area contributed by atoms with Crippen molar-refractivity contribution in [2.75, 3.05) is 0 Å². The highest BCUT2D eigenvalue weighted by Crippen LogP contribution is 2.20. The van der Waals surface area contributed by atoms with Crippen LogP contribution in [0.2, 0.25) is 0 Å². The standard InChI is InChI=1S/C10H9N3OS/c11-9(14)15-10-12-6-8(13-10)7-4-2-1-3-5-7/h1-6H,(H2,11,14)(H,12,13). The van der Waals surface area contributed by atoms with Gasteiger partial charge in [-0.25, -0.2) is 4.98 Å². The first kappa shape index (κ1) is 9.79. The van der Waals surface area contributed by atoms with Crippen LogP contribution in [-0.4, -0.2) is 15.2 Å². The number of thioether (sulfide) groups is 1. The van der Waals surface area contributed by atoms with E-state index in [1.165, 1.54) is 0 Å². The van der Waals surface area contributed by atoms with E-state index in [1.54, 1.807) is 6.20 Å². The van der Waals surface area contributed by atoms with Crippen molar-refractivity contribution in [3.63, 3.8) is 0 Å². The van der Waals surface area contributed by atoms with E-state index in [-0.39, 0.29) is 0 Å². The molecule has 0 saturated carbocycles. The first-order valence-corrected chi connectivity index (χ1v) is 5.15. The number of nitrogens with two attached hydrogens (primary N) is 1. The number of nitrogens with zero attached hydrogens (tertiary/aromatic N) is 1. The van der Waals surface area contributed by atoms with Crippen molar-refractivity contribution >= 4 is 17.0 Å². The molecule has 0 aliphatic carbocycles. The Morgan fingerprint density at radius 1 is 1.33 bits per heavy atom. The Labute approximate surface area is 90.9 Å². The van der Waals surface area contributed by atoms with Crippen LogP contribution < -0.4 is 5.73 Å². The van der Waals surface area contributed by atoms with Gasteiger partial charge in [0.05, 0.1) is 11.9 Å². The molecule has 0 aliphatic heterocycles. The highest BCUT2D eigenvalue weighted by atomic mass is 32.2. The third kappa shape index (κ3) is 2.38. The summed E-state index contributed by atoms with van der Waals surface area (Å²) in [6, 6.07) is 9.76. The molecule has 0 aliphatic rings. The Kier molecular flexibility index (Phi) is 2.73. The molecule has 15 heavy (non-hydrogen) atoms. The topological polar surface area (TPSA) is 71.8 Å². The van der Waals surface area contributed by atoms with Crippen LogP contribution in [-0.2, 0) is 0 Å². The summed E-state index contributed by atoms with van der Waals surface area (Å²) in [5, 5.41) is 0.0466. The first-order chi connectivity index (χ1) is 7.25. The number of carbonyl (C=O) groups excluding carboxylic acids is 1. The van der Waals surface area contributed by atoms with E-state index in [9.17, 15) is 4.79 Å². The zero-order valence-corrected chi connectivity index (χ0v) is 8.62. The van der Waals surface area contributed by atoms with Crippen LogP contribution in [0.25, 0.3) is 11.3 Å². The summed E-state index contributed by atoms with van der Waals surface area (Å²) in [6.07, 6.45) is 1.68. The molecule has 0 spiro atoms. The Morgan fingerprint density at radius 2 is 2.07 bits per heavy atom. The van der Waals surface area contributed by atoms with Crippen LogP contribution in [0.1, 0.15) is 0 Å². The molecule has 0 fully saturated rings. The summed E-state index contributed by atoms with van der Waals surface area (Å²) >= 11 is 0.886. The van der Waals surface area contributed by atoms with Gasteiger partial charge in [0.2, 0.25) is 0 Å². The molecule has 1 aromatic heterocycles. The second-order valence-corrected chi connectivity index (χ2v) is 3.88. The van der Waals surface area contributed by atoms with Crippen molar-refractivity contribution in [1.82, 2.24) is 9.97 Å². The Balaban J connectivity index is 2.24. The number of primary amides is 1. The quantitative estimate of drug-likeness (QED) is 0.761. The van der Waals surface area contributed by atoms with Crippen molar-refractivity contribution in [3.05, 3.63) is 36.5 Å². The number of aromatic amines is 1. The van der Waals surface area contributed by atoms with Crippen molar-refractivity contribution in [2.24, 2.45) is 5.73 Å². The lowest BCUT2D eigenvalue weighted by molar-refractivity contribution is 0.267. The summed E-state index contributed by atoms with van der Waals surface area (Å²) in [6.45, 7) is 0. The summed E-state index contributed by atoms with van der Waals surface area (Å²) in [5.74, 6) is 0. The molecule has 4 nitrogen and oxygen atoms in total. The maximum absolute atomic E-state index is 10.6. The molecule has 3 N–H and O–H groups in total. The van der Waals surface area contributed by atoms with Gasteiger partial charge in [-0.15, -0.1) is 0 Å². The number of carbonyl (C=O) groups is 1. The Morgan fingerprint density at radius 3 is 2.73 bits per heavy atom. The zero-order valence-electron chi connectivity index (χ0n) is 7.81. The Bertz CT molecular complexity index is 467. The number of rotatable bonds is 2. The zero-order chi connectivity index (χ0) is 10.7. The summed E-state index contributed by atoms with van der Waals surface area (Å²) in [7, 11) is 0. The number of amides is 1. The number of hydrogen-bond acceptors (Lipinski definition) is 3. The van der Waals surface area contributed by atoms with Crippen LogP contribution in [0.5, 0.6) is 0 Å². The smallest absolute Gasteiger partial charge is 0.284 e. The van der Waals surface area contributed by atoms with Gasteiger partial charge in [0.15, 0.2) is 5.16 Å². The minimum Gasteiger partial charge on any atom is -0.360 e. The third-order valence-electron chi connectivity index (χ3n) is 1.83. The molecular formula is C10H9N3OS. The van der Waals surface area contributed by atoms with E-state index in [0.717, 1.165) is 23.0 Å². The van der Waals surface area contributed by atoms with Gasteiger partial charge < -0.3 is 10.7 Å². The van der Waals surface area contributed by atoms with Gasteiger partial charge in [-0.1, -0.05) is 30.3 Å². The number of hydrogen-bond donors (Lipinski definition) is 2. The van der Waals surface area contributed by atoms with E-state index >= 15 is 0 Å². The fourth-order valence-corrected chi connectivity index (χ4v) is 1.67. The number of benzene rings is 1. The van der Waals surface area contributed by atoms with Gasteiger partial charge in [-0.05, 0) is 5.56 Å². The maximum Gasteiger partial charge on any atom is 0.284 e. The van der Waals surface area contributed by atoms with E-state index in [2.05, 4.69) is 9.97 Å². The van der Waals surface area contributed by atoms with E-state index in [0.29, 0.717) is 5.16 Å². The average molecular weight is 219 g/mol. The molecule has 0 bridgehead atoms. The van der Waals surface area contributed by atoms with Crippen LogP contribution in [0, 0.1) is 0 Å². The summed E-state index contributed by atoms with van der Waals surface area (Å²) in [4.78, 5) is 17.7. The third-order valence-corrected chi connectivity index (χ3v) is 2.44. The molecule has 0 saturated heterocycles. The lowest BCUT2D eigenvalue weighted by Crippen LogP contribution is -2.01. The van der Waals surface area contributed by atoms with Gasteiger partial charge in [-0.2, -0.15) is 0 Å². The van der Waals surface area contributed by atoms with Crippen molar-refractivity contribution in [1.29, 1.82) is 0 Å². The highest BCUT2D eigenvalue weighted by Gasteiger charge is 2.05. The molecule has 76 valence electrons. The van der Waals surface area contributed by atoms with E-state index in [1.807, 2.05) is 30.3 Å². The van der Waals surface area contributed by atoms with Gasteiger partial charge >= 0.3 is 0 Å². The molecule has 1 heterocycles. The number of H-pyrrole nitrogens is 1. The van der Waals surface area contributed by atoms with E-state index in [4.69, 9.17) is 5.73 Å². The summed E-state index contributed by atoms with van der Waals surface area (Å²) in [5.41, 5.74) is 6.94. The molecule has 2 rings (SSSR count). The van der Waals surface area contributed by atoms with Crippen molar-refractivity contribution in [3.8, 4) is 11.3 Å². The minimum absolute atomic E-state index is 0.469. The Hall–Kier alpha value is -1.75. The molecule has 0 radical (unpaired) electrons. The van der Waals surface area contributed by atoms with Gasteiger partial charge in [0.25, 0.3) is 5.24 Å². The van der Waals surface area contributed by atoms with Crippen LogP contribution in [0.4, 0.5) is 4.79 Å².